The van der Waals surface area contributed by atoms with Crippen molar-refractivity contribution in [3.8, 4) is 5.82 Å². The number of rotatable bonds is 5. The lowest BCUT2D eigenvalue weighted by atomic mass is 9.69. The molecule has 0 aliphatic heterocycles. The zero-order chi connectivity index (χ0) is 23.6. The van der Waals surface area contributed by atoms with Crippen LogP contribution in [-0.4, -0.2) is 32.2 Å². The third-order valence-corrected chi connectivity index (χ3v) is 6.24. The monoisotopic (exact) mass is 458 g/mol. The first kappa shape index (κ1) is 22.8. The lowest BCUT2D eigenvalue weighted by molar-refractivity contribution is -0.137. The van der Waals surface area contributed by atoms with Crippen molar-refractivity contribution in [1.29, 1.82) is 0 Å². The third kappa shape index (κ3) is 4.84. The molecule has 1 aliphatic carbocycles. The molecule has 2 aromatic heterocycles. The van der Waals surface area contributed by atoms with Crippen LogP contribution in [0, 0.1) is 6.92 Å². The zero-order valence-corrected chi connectivity index (χ0v) is 18.2. The van der Waals surface area contributed by atoms with Crippen molar-refractivity contribution in [2.45, 2.75) is 50.6 Å². The molecule has 1 amide bonds. The summed E-state index contributed by atoms with van der Waals surface area (Å²) in [5.74, 6) is 0.334. The summed E-state index contributed by atoms with van der Waals surface area (Å²) in [4.78, 5) is 21.1. The van der Waals surface area contributed by atoms with Gasteiger partial charge in [-0.3, -0.25) is 9.78 Å². The highest BCUT2D eigenvalue weighted by molar-refractivity contribution is 5.95. The Morgan fingerprint density at radius 2 is 1.85 bits per heavy atom. The van der Waals surface area contributed by atoms with E-state index in [4.69, 9.17) is 5.73 Å². The van der Waals surface area contributed by atoms with Crippen LogP contribution in [-0.2, 0) is 11.6 Å². The van der Waals surface area contributed by atoms with E-state index in [0.29, 0.717) is 23.6 Å². The van der Waals surface area contributed by atoms with Gasteiger partial charge < -0.3 is 11.1 Å². The van der Waals surface area contributed by atoms with Crippen LogP contribution in [0.2, 0.25) is 0 Å². The molecular formula is C23H25F3N6O. The number of aromatic nitrogens is 4. The van der Waals surface area contributed by atoms with Crippen molar-refractivity contribution in [1.82, 2.24) is 25.1 Å². The van der Waals surface area contributed by atoms with Gasteiger partial charge in [0.2, 0.25) is 0 Å². The standard InChI is InChI=1S/C23H25F3N6O/c1-15-18(13-32(31-15)20-12-28-11-19(27)30-20)21(33)29-14-22(9-3-2-4-10-22)16-5-7-17(8-6-16)23(24,25)26/h5-8,11-13H,2-4,9-10,14H2,1H3,(H2,27,30)(H,29,33). The number of amides is 1. The van der Waals surface area contributed by atoms with Crippen molar-refractivity contribution >= 4 is 11.7 Å². The molecule has 7 nitrogen and oxygen atoms in total. The molecule has 1 fully saturated rings. The second-order valence-electron chi connectivity index (χ2n) is 8.47. The maximum Gasteiger partial charge on any atom is 0.416 e. The maximum absolute atomic E-state index is 13.0. The third-order valence-electron chi connectivity index (χ3n) is 6.24. The van der Waals surface area contributed by atoms with Crippen molar-refractivity contribution < 1.29 is 18.0 Å². The van der Waals surface area contributed by atoms with E-state index in [0.717, 1.165) is 49.8 Å². The summed E-state index contributed by atoms with van der Waals surface area (Å²) in [5.41, 5.74) is 6.33. The Kier molecular flexibility index (Phi) is 6.09. The van der Waals surface area contributed by atoms with Crippen molar-refractivity contribution in [2.75, 3.05) is 12.3 Å². The smallest absolute Gasteiger partial charge is 0.382 e. The first-order chi connectivity index (χ1) is 15.7. The van der Waals surface area contributed by atoms with E-state index in [-0.39, 0.29) is 11.7 Å². The largest absolute Gasteiger partial charge is 0.416 e. The molecule has 0 spiro atoms. The lowest BCUT2D eigenvalue weighted by Gasteiger charge is -2.38. The number of benzene rings is 1. The van der Waals surface area contributed by atoms with Gasteiger partial charge in [-0.05, 0) is 37.5 Å². The van der Waals surface area contributed by atoms with E-state index in [1.165, 1.54) is 17.1 Å². The average Bonchev–Trinajstić information content (AvgIpc) is 3.19. The fourth-order valence-corrected chi connectivity index (χ4v) is 4.43. The number of nitrogens with two attached hydrogens (primary N) is 1. The Labute approximate surface area is 189 Å². The summed E-state index contributed by atoms with van der Waals surface area (Å²) in [5, 5.41) is 7.33. The molecule has 1 saturated carbocycles. The summed E-state index contributed by atoms with van der Waals surface area (Å²) in [6.07, 6.45) is 4.70. The SMILES string of the molecule is Cc1nn(-c2cncc(N)n2)cc1C(=O)NCC1(c2ccc(C(F)(F)F)cc2)CCCCC1. The Bertz CT molecular complexity index is 1130. The van der Waals surface area contributed by atoms with Crippen molar-refractivity contribution in [3.63, 3.8) is 0 Å². The number of carbonyl (C=O) groups excluding carboxylic acids is 1. The van der Waals surface area contributed by atoms with Crippen LogP contribution in [0.5, 0.6) is 0 Å². The van der Waals surface area contributed by atoms with Crippen LogP contribution in [0.25, 0.3) is 5.82 Å². The quantitative estimate of drug-likeness (QED) is 0.597. The highest BCUT2D eigenvalue weighted by atomic mass is 19.4. The van der Waals surface area contributed by atoms with Crippen LogP contribution in [0.3, 0.4) is 0 Å². The van der Waals surface area contributed by atoms with Gasteiger partial charge in [-0.1, -0.05) is 31.4 Å². The molecule has 174 valence electrons. The van der Waals surface area contributed by atoms with Gasteiger partial charge in [-0.15, -0.1) is 0 Å². The van der Waals surface area contributed by atoms with Crippen molar-refractivity contribution in [2.24, 2.45) is 0 Å². The molecule has 10 heteroatoms. The molecule has 0 radical (unpaired) electrons. The minimum absolute atomic E-state index is 0.238. The highest BCUT2D eigenvalue weighted by Gasteiger charge is 2.36. The Balaban J connectivity index is 1.54. The summed E-state index contributed by atoms with van der Waals surface area (Å²) >= 11 is 0. The van der Waals surface area contributed by atoms with Crippen LogP contribution in [0.1, 0.15) is 59.3 Å². The Morgan fingerprint density at radius 3 is 2.48 bits per heavy atom. The van der Waals surface area contributed by atoms with Crippen LogP contribution in [0.15, 0.2) is 42.9 Å². The van der Waals surface area contributed by atoms with Gasteiger partial charge in [0.05, 0.1) is 29.2 Å². The molecule has 0 atom stereocenters. The number of nitrogens with one attached hydrogen (secondary N) is 1. The fraction of sp³-hybridized carbons (Fsp3) is 0.391. The number of hydrogen-bond acceptors (Lipinski definition) is 5. The summed E-state index contributed by atoms with van der Waals surface area (Å²) in [6.45, 7) is 2.05. The molecule has 3 aromatic rings. The van der Waals surface area contributed by atoms with E-state index in [1.807, 2.05) is 0 Å². The Morgan fingerprint density at radius 1 is 1.15 bits per heavy atom. The molecule has 1 aliphatic rings. The molecule has 0 bridgehead atoms. The molecule has 0 unspecified atom stereocenters. The minimum Gasteiger partial charge on any atom is -0.382 e. The topological polar surface area (TPSA) is 98.7 Å². The maximum atomic E-state index is 13.0. The molecule has 0 saturated heterocycles. The van der Waals surface area contributed by atoms with E-state index in [2.05, 4.69) is 20.4 Å². The highest BCUT2D eigenvalue weighted by Crippen LogP contribution is 2.40. The van der Waals surface area contributed by atoms with Gasteiger partial charge >= 0.3 is 6.18 Å². The predicted octanol–water partition coefficient (Wildman–Crippen LogP) is 4.20. The summed E-state index contributed by atoms with van der Waals surface area (Å²) in [7, 11) is 0. The molecule has 1 aromatic carbocycles. The number of alkyl halides is 3. The number of nitrogens with zero attached hydrogens (tertiary/aromatic N) is 4. The number of hydrogen-bond donors (Lipinski definition) is 2. The lowest BCUT2D eigenvalue weighted by Crippen LogP contribution is -2.42. The molecule has 3 N–H and O–H groups in total. The minimum atomic E-state index is -4.38. The van der Waals surface area contributed by atoms with E-state index >= 15 is 0 Å². The average molecular weight is 458 g/mol. The normalized spacial score (nSPS) is 15.9. The van der Waals surface area contributed by atoms with E-state index in [1.54, 1.807) is 25.3 Å². The number of nitrogen functional groups attached to an aromatic ring is 1. The van der Waals surface area contributed by atoms with E-state index in [9.17, 15) is 18.0 Å². The van der Waals surface area contributed by atoms with Crippen LogP contribution < -0.4 is 11.1 Å². The first-order valence-corrected chi connectivity index (χ1v) is 10.8. The van der Waals surface area contributed by atoms with Crippen molar-refractivity contribution in [3.05, 3.63) is 65.2 Å². The Hall–Kier alpha value is -3.43. The molecular weight excluding hydrogens is 433 g/mol. The second-order valence-corrected chi connectivity index (χ2v) is 8.47. The fourth-order valence-electron chi connectivity index (χ4n) is 4.43. The number of carbonyl (C=O) groups is 1. The van der Waals surface area contributed by atoms with Gasteiger partial charge in [0.15, 0.2) is 5.82 Å². The van der Waals surface area contributed by atoms with Gasteiger partial charge in [0.1, 0.15) is 5.82 Å². The molecule has 4 rings (SSSR count). The van der Waals surface area contributed by atoms with Gasteiger partial charge in [0.25, 0.3) is 5.91 Å². The summed E-state index contributed by atoms with van der Waals surface area (Å²) < 4.78 is 40.5. The van der Waals surface area contributed by atoms with Crippen LogP contribution in [0.4, 0.5) is 19.0 Å². The first-order valence-electron chi connectivity index (χ1n) is 10.8. The second kappa shape index (κ2) is 8.84. The zero-order valence-electron chi connectivity index (χ0n) is 18.2. The summed E-state index contributed by atoms with van der Waals surface area (Å²) in [6, 6.07) is 5.33. The number of aryl methyl sites for hydroxylation is 1. The molecule has 33 heavy (non-hydrogen) atoms. The predicted molar refractivity (Wildman–Crippen MR) is 117 cm³/mol. The van der Waals surface area contributed by atoms with Gasteiger partial charge in [-0.2, -0.15) is 18.3 Å². The van der Waals surface area contributed by atoms with Gasteiger partial charge in [0, 0.05) is 18.2 Å². The number of halogens is 3. The van der Waals surface area contributed by atoms with Crippen LogP contribution >= 0.6 is 0 Å². The number of anilines is 1. The molecule has 2 heterocycles. The van der Waals surface area contributed by atoms with Gasteiger partial charge in [-0.25, -0.2) is 9.67 Å². The van der Waals surface area contributed by atoms with E-state index < -0.39 is 17.2 Å².